The summed E-state index contributed by atoms with van der Waals surface area (Å²) < 4.78 is 0.870. The molecule has 0 bridgehead atoms. The van der Waals surface area contributed by atoms with Gasteiger partial charge in [0.2, 0.25) is 0 Å². The van der Waals surface area contributed by atoms with Crippen LogP contribution in [-0.2, 0) is 13.0 Å². The monoisotopic (exact) mass is 301 g/mol. The molecule has 0 saturated heterocycles. The van der Waals surface area contributed by atoms with E-state index in [2.05, 4.69) is 53.8 Å². The largest absolute Gasteiger partial charge is 0.312 e. The molecule has 0 aliphatic heterocycles. The van der Waals surface area contributed by atoms with Crippen molar-refractivity contribution < 1.29 is 0 Å². The summed E-state index contributed by atoms with van der Waals surface area (Å²) in [6.45, 7) is 1.88. The number of hydrogen-bond acceptors (Lipinski definition) is 2. The van der Waals surface area contributed by atoms with Crippen LogP contribution in [0.3, 0.4) is 0 Å². The minimum absolute atomic E-state index is 0.870. The zero-order valence-electron chi connectivity index (χ0n) is 11.1. The number of halogens is 1. The molecule has 3 rings (SSSR count). The lowest BCUT2D eigenvalue weighted by Crippen LogP contribution is -2.16. The molecule has 1 N–H and O–H groups in total. The van der Waals surface area contributed by atoms with Crippen molar-refractivity contribution in [2.24, 2.45) is 0 Å². The zero-order chi connectivity index (χ0) is 13.8. The van der Waals surface area contributed by atoms with Gasteiger partial charge in [0, 0.05) is 18.0 Å². The Morgan fingerprint density at radius 1 is 0.950 bits per heavy atom. The van der Waals surface area contributed by atoms with Crippen molar-refractivity contribution in [1.82, 2.24) is 5.32 Å². The topological polar surface area (TPSA) is 12.0 Å². The zero-order valence-corrected chi connectivity index (χ0v) is 12.7. The third kappa shape index (κ3) is 3.40. The summed E-state index contributed by atoms with van der Waals surface area (Å²) in [6, 6.07) is 19.2. The molecule has 0 unspecified atom stereocenters. The van der Waals surface area contributed by atoms with E-state index < -0.39 is 0 Å². The highest BCUT2D eigenvalue weighted by atomic mass is 35.5. The molecule has 0 atom stereocenters. The molecule has 1 heterocycles. The molecule has 2 aromatic carbocycles. The number of nitrogens with one attached hydrogen (secondary N) is 1. The highest BCUT2D eigenvalue weighted by Gasteiger charge is 1.99. The van der Waals surface area contributed by atoms with Crippen LogP contribution in [0.5, 0.6) is 0 Å². The molecule has 0 aliphatic rings. The quantitative estimate of drug-likeness (QED) is 0.662. The Morgan fingerprint density at radius 3 is 2.60 bits per heavy atom. The number of rotatable bonds is 5. The second kappa shape index (κ2) is 6.40. The lowest BCUT2D eigenvalue weighted by molar-refractivity contribution is 0.691. The van der Waals surface area contributed by atoms with Crippen LogP contribution >= 0.6 is 22.9 Å². The van der Waals surface area contributed by atoms with Crippen LogP contribution < -0.4 is 5.32 Å². The first-order valence-corrected chi connectivity index (χ1v) is 7.93. The highest BCUT2D eigenvalue weighted by molar-refractivity contribution is 7.16. The average Bonchev–Trinajstić information content (AvgIpc) is 2.89. The van der Waals surface area contributed by atoms with Gasteiger partial charge in [-0.3, -0.25) is 0 Å². The number of thiophene rings is 1. The first-order chi connectivity index (χ1) is 9.81. The van der Waals surface area contributed by atoms with Gasteiger partial charge < -0.3 is 5.32 Å². The molecule has 0 spiro atoms. The van der Waals surface area contributed by atoms with Crippen molar-refractivity contribution in [3.05, 3.63) is 69.4 Å². The molecular formula is C17H16ClNS. The molecule has 0 fully saturated rings. The van der Waals surface area contributed by atoms with E-state index in [4.69, 9.17) is 11.6 Å². The smallest absolute Gasteiger partial charge is 0.0931 e. The Bertz CT molecular complexity index is 705. The molecule has 1 aromatic heterocycles. The molecule has 0 radical (unpaired) electrons. The molecule has 0 saturated carbocycles. The molecular weight excluding hydrogens is 286 g/mol. The molecule has 0 amide bonds. The fraction of sp³-hybridized carbons (Fsp3) is 0.176. The fourth-order valence-corrected chi connectivity index (χ4v) is 3.37. The van der Waals surface area contributed by atoms with E-state index in [1.54, 1.807) is 11.3 Å². The van der Waals surface area contributed by atoms with Crippen molar-refractivity contribution >= 4 is 33.7 Å². The van der Waals surface area contributed by atoms with E-state index in [9.17, 15) is 0 Å². The summed E-state index contributed by atoms with van der Waals surface area (Å²) in [5, 5.41) is 6.09. The summed E-state index contributed by atoms with van der Waals surface area (Å²) in [7, 11) is 0. The minimum atomic E-state index is 0.870. The van der Waals surface area contributed by atoms with E-state index in [0.717, 1.165) is 23.8 Å². The number of hydrogen-bond donors (Lipinski definition) is 1. The van der Waals surface area contributed by atoms with Crippen molar-refractivity contribution in [1.29, 1.82) is 0 Å². The third-order valence-corrected chi connectivity index (χ3v) is 4.61. The Labute approximate surface area is 128 Å². The highest BCUT2D eigenvalue weighted by Crippen LogP contribution is 2.21. The van der Waals surface area contributed by atoms with Crippen molar-refractivity contribution in [2.45, 2.75) is 13.0 Å². The fourth-order valence-electron chi connectivity index (χ4n) is 2.28. The maximum atomic E-state index is 5.92. The SMILES string of the molecule is Clc1ccc(CCNCc2ccc3ccccc3c2)s1. The summed E-state index contributed by atoms with van der Waals surface area (Å²) >= 11 is 7.58. The van der Waals surface area contributed by atoms with Crippen LogP contribution in [-0.4, -0.2) is 6.54 Å². The van der Waals surface area contributed by atoms with Crippen molar-refractivity contribution in [3.63, 3.8) is 0 Å². The molecule has 0 aliphatic carbocycles. The maximum Gasteiger partial charge on any atom is 0.0931 e. The van der Waals surface area contributed by atoms with Gasteiger partial charge in [0.25, 0.3) is 0 Å². The number of fused-ring (bicyclic) bond motifs is 1. The van der Waals surface area contributed by atoms with E-state index in [1.807, 2.05) is 6.07 Å². The second-order valence-electron chi connectivity index (χ2n) is 4.81. The predicted octanol–water partition coefficient (Wildman–Crippen LogP) is 4.89. The molecule has 1 nitrogen and oxygen atoms in total. The van der Waals surface area contributed by atoms with Crippen LogP contribution in [0.2, 0.25) is 4.34 Å². The molecule has 20 heavy (non-hydrogen) atoms. The summed E-state index contributed by atoms with van der Waals surface area (Å²) in [4.78, 5) is 1.33. The van der Waals surface area contributed by atoms with E-state index in [1.165, 1.54) is 21.2 Å². The molecule has 3 heteroatoms. The van der Waals surface area contributed by atoms with Gasteiger partial charge in [-0.1, -0.05) is 48.0 Å². The van der Waals surface area contributed by atoms with Crippen LogP contribution in [0.25, 0.3) is 10.8 Å². The van der Waals surface area contributed by atoms with Gasteiger partial charge in [0.05, 0.1) is 4.34 Å². The van der Waals surface area contributed by atoms with Crippen LogP contribution in [0.1, 0.15) is 10.4 Å². The Morgan fingerprint density at radius 2 is 1.80 bits per heavy atom. The summed E-state index contributed by atoms with van der Waals surface area (Å²) in [5.74, 6) is 0. The summed E-state index contributed by atoms with van der Waals surface area (Å²) in [5.41, 5.74) is 1.33. The Kier molecular flexibility index (Phi) is 4.36. The van der Waals surface area contributed by atoms with Gasteiger partial charge in [-0.25, -0.2) is 0 Å². The number of benzene rings is 2. The second-order valence-corrected chi connectivity index (χ2v) is 6.61. The first-order valence-electron chi connectivity index (χ1n) is 6.74. The standard InChI is InChI=1S/C17H16ClNS/c18-17-8-7-16(20-17)9-10-19-12-13-5-6-14-3-1-2-4-15(14)11-13/h1-8,11,19H,9-10,12H2. The molecule has 3 aromatic rings. The van der Waals surface area contributed by atoms with Crippen molar-refractivity contribution in [2.75, 3.05) is 6.54 Å². The van der Waals surface area contributed by atoms with E-state index >= 15 is 0 Å². The Hall–Kier alpha value is -1.35. The van der Waals surface area contributed by atoms with E-state index in [-0.39, 0.29) is 0 Å². The molecule has 102 valence electrons. The normalized spacial score (nSPS) is 11.1. The lowest BCUT2D eigenvalue weighted by atomic mass is 10.1. The van der Waals surface area contributed by atoms with Crippen molar-refractivity contribution in [3.8, 4) is 0 Å². The van der Waals surface area contributed by atoms with Gasteiger partial charge in [-0.2, -0.15) is 0 Å². The van der Waals surface area contributed by atoms with E-state index in [0.29, 0.717) is 0 Å². The third-order valence-electron chi connectivity index (χ3n) is 3.32. The summed E-state index contributed by atoms with van der Waals surface area (Å²) in [6.07, 6.45) is 1.03. The van der Waals surface area contributed by atoms with Gasteiger partial charge >= 0.3 is 0 Å². The van der Waals surface area contributed by atoms with Gasteiger partial charge in [-0.05, 0) is 41.0 Å². The lowest BCUT2D eigenvalue weighted by Gasteiger charge is -2.05. The van der Waals surface area contributed by atoms with Gasteiger partial charge in [0.15, 0.2) is 0 Å². The van der Waals surface area contributed by atoms with Crippen LogP contribution in [0.15, 0.2) is 54.6 Å². The van der Waals surface area contributed by atoms with Gasteiger partial charge in [-0.15, -0.1) is 11.3 Å². The first kappa shape index (κ1) is 13.6. The van der Waals surface area contributed by atoms with Crippen LogP contribution in [0, 0.1) is 0 Å². The maximum absolute atomic E-state index is 5.92. The minimum Gasteiger partial charge on any atom is -0.312 e. The Balaban J connectivity index is 1.54. The van der Waals surface area contributed by atoms with Crippen LogP contribution in [0.4, 0.5) is 0 Å². The van der Waals surface area contributed by atoms with Gasteiger partial charge in [0.1, 0.15) is 0 Å². The predicted molar refractivity (Wildman–Crippen MR) is 88.7 cm³/mol. The average molecular weight is 302 g/mol.